The molecule has 0 radical (unpaired) electrons. The number of likely N-dealkylation sites (tertiary alicyclic amines) is 1. The summed E-state index contributed by atoms with van der Waals surface area (Å²) in [6.07, 6.45) is 5.54. The van der Waals surface area contributed by atoms with Crippen LogP contribution in [0.2, 0.25) is 0 Å². The van der Waals surface area contributed by atoms with E-state index in [2.05, 4.69) is 25.8 Å². The monoisotopic (exact) mass is 199 g/mol. The first-order valence-electron chi connectivity index (χ1n) is 5.93. The molecule has 1 aliphatic rings. The zero-order valence-electron chi connectivity index (χ0n) is 9.92. The maximum atomic E-state index is 10.3. The SMILES string of the molecule is CC(C)CCCC1(O)CCCN(C)C1. The van der Waals surface area contributed by atoms with Crippen LogP contribution in [-0.4, -0.2) is 35.7 Å². The van der Waals surface area contributed by atoms with Gasteiger partial charge in [0.2, 0.25) is 0 Å². The molecule has 0 amide bonds. The lowest BCUT2D eigenvalue weighted by Crippen LogP contribution is -2.46. The molecule has 2 nitrogen and oxygen atoms in total. The third-order valence-electron chi connectivity index (χ3n) is 3.17. The Bertz CT molecular complexity index is 170. The number of piperidine rings is 1. The van der Waals surface area contributed by atoms with Gasteiger partial charge in [-0.1, -0.05) is 26.7 Å². The van der Waals surface area contributed by atoms with Gasteiger partial charge < -0.3 is 10.0 Å². The Balaban J connectivity index is 2.26. The first-order chi connectivity index (χ1) is 6.52. The minimum absolute atomic E-state index is 0.387. The van der Waals surface area contributed by atoms with Gasteiger partial charge in [0.25, 0.3) is 0 Å². The highest BCUT2D eigenvalue weighted by Crippen LogP contribution is 2.26. The summed E-state index contributed by atoms with van der Waals surface area (Å²) in [7, 11) is 2.10. The Labute approximate surface area is 88.3 Å². The van der Waals surface area contributed by atoms with Crippen molar-refractivity contribution >= 4 is 0 Å². The topological polar surface area (TPSA) is 23.5 Å². The molecule has 1 N–H and O–H groups in total. The van der Waals surface area contributed by atoms with Crippen molar-refractivity contribution in [2.45, 2.75) is 51.6 Å². The van der Waals surface area contributed by atoms with Gasteiger partial charge in [-0.25, -0.2) is 0 Å². The van der Waals surface area contributed by atoms with Crippen LogP contribution in [0.1, 0.15) is 46.0 Å². The maximum Gasteiger partial charge on any atom is 0.0774 e. The second-order valence-corrected chi connectivity index (χ2v) is 5.35. The number of β-amino-alcohol motifs (C(OH)–C–C–N with tert-alkyl or cyclic N) is 1. The van der Waals surface area contributed by atoms with E-state index in [9.17, 15) is 5.11 Å². The van der Waals surface area contributed by atoms with Crippen LogP contribution in [-0.2, 0) is 0 Å². The van der Waals surface area contributed by atoms with Crippen LogP contribution in [0.4, 0.5) is 0 Å². The summed E-state index contributed by atoms with van der Waals surface area (Å²) in [4.78, 5) is 2.25. The molecule has 1 fully saturated rings. The first kappa shape index (κ1) is 12.0. The lowest BCUT2D eigenvalue weighted by atomic mass is 9.87. The summed E-state index contributed by atoms with van der Waals surface area (Å²) in [5, 5.41) is 10.3. The van der Waals surface area contributed by atoms with Crippen molar-refractivity contribution in [2.24, 2.45) is 5.92 Å². The average Bonchev–Trinajstić information content (AvgIpc) is 2.01. The standard InChI is InChI=1S/C12H25NO/c1-11(2)6-4-7-12(14)8-5-9-13(3)10-12/h11,14H,4-10H2,1-3H3. The zero-order valence-corrected chi connectivity index (χ0v) is 9.92. The molecule has 0 saturated carbocycles. The molecule has 1 atom stereocenters. The van der Waals surface area contributed by atoms with E-state index in [4.69, 9.17) is 0 Å². The van der Waals surface area contributed by atoms with Gasteiger partial charge in [0.15, 0.2) is 0 Å². The molecule has 0 spiro atoms. The number of hydrogen-bond acceptors (Lipinski definition) is 2. The van der Waals surface area contributed by atoms with Crippen molar-refractivity contribution in [1.82, 2.24) is 4.90 Å². The number of likely N-dealkylation sites (N-methyl/N-ethyl adjacent to an activating group) is 1. The van der Waals surface area contributed by atoms with Gasteiger partial charge in [0.05, 0.1) is 5.60 Å². The summed E-state index contributed by atoms with van der Waals surface area (Å²) >= 11 is 0. The fourth-order valence-corrected chi connectivity index (χ4v) is 2.38. The molecule has 2 heteroatoms. The van der Waals surface area contributed by atoms with Gasteiger partial charge in [0.1, 0.15) is 0 Å². The van der Waals surface area contributed by atoms with Crippen molar-refractivity contribution < 1.29 is 5.11 Å². The van der Waals surface area contributed by atoms with Crippen LogP contribution in [0.15, 0.2) is 0 Å². The van der Waals surface area contributed by atoms with E-state index in [0.717, 1.165) is 38.3 Å². The van der Waals surface area contributed by atoms with Crippen molar-refractivity contribution in [3.8, 4) is 0 Å². The van der Waals surface area contributed by atoms with Crippen molar-refractivity contribution in [2.75, 3.05) is 20.1 Å². The molecule has 0 bridgehead atoms. The van der Waals surface area contributed by atoms with Crippen LogP contribution in [0.5, 0.6) is 0 Å². The quantitative estimate of drug-likeness (QED) is 0.751. The van der Waals surface area contributed by atoms with Gasteiger partial charge in [-0.3, -0.25) is 0 Å². The molecule has 0 aliphatic carbocycles. The van der Waals surface area contributed by atoms with Gasteiger partial charge in [-0.2, -0.15) is 0 Å². The Morgan fingerprint density at radius 3 is 2.71 bits per heavy atom. The molecule has 1 heterocycles. The second-order valence-electron chi connectivity index (χ2n) is 5.35. The Hall–Kier alpha value is -0.0800. The smallest absolute Gasteiger partial charge is 0.0774 e. The average molecular weight is 199 g/mol. The molecule has 14 heavy (non-hydrogen) atoms. The van der Waals surface area contributed by atoms with E-state index in [0.29, 0.717) is 0 Å². The summed E-state index contributed by atoms with van der Waals surface area (Å²) in [6.45, 7) is 6.51. The van der Waals surface area contributed by atoms with E-state index >= 15 is 0 Å². The van der Waals surface area contributed by atoms with E-state index in [-0.39, 0.29) is 5.60 Å². The molecule has 1 rings (SSSR count). The number of hydrogen-bond donors (Lipinski definition) is 1. The summed E-state index contributed by atoms with van der Waals surface area (Å²) in [6, 6.07) is 0. The molecule has 84 valence electrons. The molecular weight excluding hydrogens is 174 g/mol. The minimum Gasteiger partial charge on any atom is -0.389 e. The molecule has 1 saturated heterocycles. The van der Waals surface area contributed by atoms with Gasteiger partial charge in [-0.15, -0.1) is 0 Å². The predicted molar refractivity (Wildman–Crippen MR) is 60.4 cm³/mol. The van der Waals surface area contributed by atoms with E-state index in [1.807, 2.05) is 0 Å². The fraction of sp³-hybridized carbons (Fsp3) is 1.00. The lowest BCUT2D eigenvalue weighted by Gasteiger charge is -2.37. The largest absolute Gasteiger partial charge is 0.389 e. The second kappa shape index (κ2) is 5.13. The number of rotatable bonds is 4. The highest BCUT2D eigenvalue weighted by atomic mass is 16.3. The van der Waals surface area contributed by atoms with E-state index < -0.39 is 0 Å². The molecular formula is C12H25NO. The molecule has 0 aromatic carbocycles. The predicted octanol–water partition coefficient (Wildman–Crippen LogP) is 2.27. The van der Waals surface area contributed by atoms with Crippen molar-refractivity contribution in [3.63, 3.8) is 0 Å². The van der Waals surface area contributed by atoms with Crippen LogP contribution >= 0.6 is 0 Å². The minimum atomic E-state index is -0.387. The number of nitrogens with zero attached hydrogens (tertiary/aromatic N) is 1. The van der Waals surface area contributed by atoms with Crippen molar-refractivity contribution in [1.29, 1.82) is 0 Å². The third-order valence-corrected chi connectivity index (χ3v) is 3.17. The Morgan fingerprint density at radius 2 is 2.14 bits per heavy atom. The molecule has 0 aromatic heterocycles. The van der Waals surface area contributed by atoms with Crippen LogP contribution < -0.4 is 0 Å². The lowest BCUT2D eigenvalue weighted by molar-refractivity contribution is -0.0315. The molecule has 0 aromatic rings. The summed E-state index contributed by atoms with van der Waals surface area (Å²) in [5.74, 6) is 0.764. The van der Waals surface area contributed by atoms with Gasteiger partial charge in [-0.05, 0) is 38.8 Å². The normalized spacial score (nSPS) is 29.8. The van der Waals surface area contributed by atoms with Crippen LogP contribution in [0, 0.1) is 5.92 Å². The third kappa shape index (κ3) is 3.97. The zero-order chi connectivity index (χ0) is 10.6. The van der Waals surface area contributed by atoms with E-state index in [1.165, 1.54) is 12.8 Å². The van der Waals surface area contributed by atoms with Crippen LogP contribution in [0.25, 0.3) is 0 Å². The number of aliphatic hydroxyl groups is 1. The highest BCUT2D eigenvalue weighted by Gasteiger charge is 2.30. The summed E-state index contributed by atoms with van der Waals surface area (Å²) < 4.78 is 0. The van der Waals surface area contributed by atoms with Crippen molar-refractivity contribution in [3.05, 3.63) is 0 Å². The first-order valence-corrected chi connectivity index (χ1v) is 5.93. The van der Waals surface area contributed by atoms with Gasteiger partial charge in [0, 0.05) is 6.54 Å². The van der Waals surface area contributed by atoms with Crippen LogP contribution in [0.3, 0.4) is 0 Å². The Morgan fingerprint density at radius 1 is 1.43 bits per heavy atom. The highest BCUT2D eigenvalue weighted by molar-refractivity contribution is 4.85. The Kier molecular flexibility index (Phi) is 4.39. The van der Waals surface area contributed by atoms with E-state index in [1.54, 1.807) is 0 Å². The molecule has 1 unspecified atom stereocenters. The fourth-order valence-electron chi connectivity index (χ4n) is 2.38. The summed E-state index contributed by atoms with van der Waals surface area (Å²) in [5.41, 5.74) is -0.387. The van der Waals surface area contributed by atoms with Gasteiger partial charge >= 0.3 is 0 Å². The molecule has 1 aliphatic heterocycles. The maximum absolute atomic E-state index is 10.3.